The summed E-state index contributed by atoms with van der Waals surface area (Å²) >= 11 is 0. The van der Waals surface area contributed by atoms with Gasteiger partial charge in [0.15, 0.2) is 0 Å². The van der Waals surface area contributed by atoms with Crippen molar-refractivity contribution in [3.05, 3.63) is 42.1 Å². The molecular weight excluding hydrogens is 416 g/mol. The normalized spacial score (nSPS) is 22.9. The first-order valence-corrected chi connectivity index (χ1v) is 12.3. The molecule has 1 aromatic heterocycles. The molecule has 2 aromatic rings. The summed E-state index contributed by atoms with van der Waals surface area (Å²) in [5.41, 5.74) is 2.56. The average Bonchev–Trinajstić information content (AvgIpc) is 3.55. The van der Waals surface area contributed by atoms with Crippen LogP contribution in [-0.4, -0.2) is 65.6 Å². The number of rotatable bonds is 5. The molecule has 2 amide bonds. The minimum Gasteiger partial charge on any atom is -0.450 e. The molecule has 5 rings (SSSR count). The highest BCUT2D eigenvalue weighted by Gasteiger charge is 2.58. The summed E-state index contributed by atoms with van der Waals surface area (Å²) in [4.78, 5) is 33.5. The summed E-state index contributed by atoms with van der Waals surface area (Å²) in [6.07, 6.45) is 6.43. The van der Waals surface area contributed by atoms with Gasteiger partial charge >= 0.3 is 6.09 Å². The fraction of sp³-hybridized carbons (Fsp3) is 0.577. The van der Waals surface area contributed by atoms with Gasteiger partial charge in [0.1, 0.15) is 0 Å². The smallest absolute Gasteiger partial charge is 0.409 e. The first kappa shape index (κ1) is 22.1. The molecule has 0 bridgehead atoms. The predicted molar refractivity (Wildman–Crippen MR) is 127 cm³/mol. The van der Waals surface area contributed by atoms with Crippen molar-refractivity contribution in [1.29, 1.82) is 0 Å². The maximum atomic E-state index is 12.9. The van der Waals surface area contributed by atoms with Crippen molar-refractivity contribution in [2.24, 2.45) is 11.3 Å². The molecule has 1 aliphatic carbocycles. The summed E-state index contributed by atoms with van der Waals surface area (Å²) in [5.74, 6) is 0.381. The van der Waals surface area contributed by atoms with E-state index in [0.29, 0.717) is 19.7 Å². The van der Waals surface area contributed by atoms with Gasteiger partial charge in [-0.3, -0.25) is 14.7 Å². The summed E-state index contributed by atoms with van der Waals surface area (Å²) in [5, 5.41) is 4.45. The largest absolute Gasteiger partial charge is 0.450 e. The van der Waals surface area contributed by atoms with E-state index in [-0.39, 0.29) is 29.4 Å². The maximum absolute atomic E-state index is 12.9. The summed E-state index contributed by atoms with van der Waals surface area (Å²) in [7, 11) is 0. The van der Waals surface area contributed by atoms with Crippen molar-refractivity contribution >= 4 is 22.9 Å². The number of ether oxygens (including phenoxy) is 1. The third-order valence-corrected chi connectivity index (χ3v) is 7.80. The molecule has 3 aliphatic rings. The molecule has 1 atom stereocenters. The number of amides is 2. The fourth-order valence-electron chi connectivity index (χ4n) is 5.62. The van der Waals surface area contributed by atoms with Gasteiger partial charge in [-0.25, -0.2) is 4.79 Å². The van der Waals surface area contributed by atoms with Gasteiger partial charge in [-0.2, -0.15) is 0 Å². The van der Waals surface area contributed by atoms with Gasteiger partial charge in [-0.1, -0.05) is 18.2 Å². The van der Waals surface area contributed by atoms with Gasteiger partial charge in [-0.05, 0) is 75.2 Å². The minimum absolute atomic E-state index is 0.160. The Labute approximate surface area is 195 Å². The summed E-state index contributed by atoms with van der Waals surface area (Å²) in [6, 6.07) is 10.8. The zero-order valence-electron chi connectivity index (χ0n) is 19.5. The van der Waals surface area contributed by atoms with E-state index in [0.717, 1.165) is 57.3 Å². The maximum Gasteiger partial charge on any atom is 0.409 e. The highest BCUT2D eigenvalue weighted by atomic mass is 16.6. The van der Waals surface area contributed by atoms with Crippen LogP contribution in [-0.2, 0) is 16.1 Å². The van der Waals surface area contributed by atoms with Gasteiger partial charge in [0.05, 0.1) is 12.1 Å². The third kappa shape index (κ3) is 4.83. The fourth-order valence-corrected chi connectivity index (χ4v) is 5.62. The van der Waals surface area contributed by atoms with Crippen molar-refractivity contribution in [3.8, 4) is 0 Å². The number of pyridine rings is 1. The molecule has 0 radical (unpaired) electrons. The minimum atomic E-state index is -0.241. The number of hydrogen-bond donors (Lipinski definition) is 1. The van der Waals surface area contributed by atoms with Crippen molar-refractivity contribution in [3.63, 3.8) is 0 Å². The topological polar surface area (TPSA) is 74.8 Å². The molecule has 1 aromatic carbocycles. The van der Waals surface area contributed by atoms with E-state index < -0.39 is 0 Å². The number of hydrogen-bond acceptors (Lipinski definition) is 5. The molecule has 1 unspecified atom stereocenters. The molecule has 3 fully saturated rings. The Morgan fingerprint density at radius 2 is 1.94 bits per heavy atom. The quantitative estimate of drug-likeness (QED) is 0.754. The predicted octanol–water partition coefficient (Wildman–Crippen LogP) is 3.57. The number of carbonyl (C=O) groups excluding carboxylic acids is 2. The molecule has 1 N–H and O–H groups in total. The lowest BCUT2D eigenvalue weighted by molar-refractivity contribution is -0.124. The SMILES string of the molecule is CCOC(=O)N1CCC(NC(=O)C2CC23CCN(Cc2ccc4cccnc4c2)CC3)CC1. The second kappa shape index (κ2) is 9.29. The van der Waals surface area contributed by atoms with Crippen molar-refractivity contribution in [1.82, 2.24) is 20.1 Å². The van der Waals surface area contributed by atoms with E-state index in [9.17, 15) is 9.59 Å². The molecule has 1 spiro atoms. The zero-order chi connectivity index (χ0) is 22.8. The molecule has 3 heterocycles. The molecule has 176 valence electrons. The van der Waals surface area contributed by atoms with Crippen LogP contribution in [0.5, 0.6) is 0 Å². The number of piperidine rings is 2. The van der Waals surface area contributed by atoms with E-state index >= 15 is 0 Å². The lowest BCUT2D eigenvalue weighted by Crippen LogP contribution is -2.47. The van der Waals surface area contributed by atoms with Crippen molar-refractivity contribution in [2.75, 3.05) is 32.8 Å². The van der Waals surface area contributed by atoms with E-state index in [1.54, 1.807) is 4.90 Å². The number of benzene rings is 1. The van der Waals surface area contributed by atoms with Crippen LogP contribution in [0.1, 0.15) is 44.6 Å². The van der Waals surface area contributed by atoms with Gasteiger partial charge in [0, 0.05) is 43.2 Å². The number of nitrogens with one attached hydrogen (secondary N) is 1. The highest BCUT2D eigenvalue weighted by molar-refractivity contribution is 5.83. The first-order chi connectivity index (χ1) is 16.1. The van der Waals surface area contributed by atoms with E-state index in [1.165, 1.54) is 10.9 Å². The Bertz CT molecular complexity index is 1010. The van der Waals surface area contributed by atoms with Crippen molar-refractivity contribution < 1.29 is 14.3 Å². The Kier molecular flexibility index (Phi) is 6.23. The monoisotopic (exact) mass is 450 g/mol. The van der Waals surface area contributed by atoms with E-state index in [2.05, 4.69) is 39.5 Å². The number of aromatic nitrogens is 1. The number of fused-ring (bicyclic) bond motifs is 1. The van der Waals surface area contributed by atoms with E-state index in [1.807, 2.05) is 19.2 Å². The molecule has 33 heavy (non-hydrogen) atoms. The van der Waals surface area contributed by atoms with Gasteiger partial charge in [0.25, 0.3) is 0 Å². The summed E-state index contributed by atoms with van der Waals surface area (Å²) in [6.45, 7) is 6.55. The number of nitrogens with zero attached hydrogens (tertiary/aromatic N) is 3. The van der Waals surface area contributed by atoms with Gasteiger partial charge in [0.2, 0.25) is 5.91 Å². The van der Waals surface area contributed by atoms with Crippen LogP contribution in [0, 0.1) is 11.3 Å². The zero-order valence-corrected chi connectivity index (χ0v) is 19.5. The van der Waals surface area contributed by atoms with Crippen LogP contribution in [0.25, 0.3) is 10.9 Å². The van der Waals surface area contributed by atoms with Crippen LogP contribution in [0.4, 0.5) is 4.79 Å². The number of likely N-dealkylation sites (tertiary alicyclic amines) is 2. The highest BCUT2D eigenvalue weighted by Crippen LogP contribution is 2.59. The Morgan fingerprint density at radius 1 is 1.15 bits per heavy atom. The lowest BCUT2D eigenvalue weighted by atomic mass is 9.90. The first-order valence-electron chi connectivity index (χ1n) is 12.3. The Morgan fingerprint density at radius 3 is 2.70 bits per heavy atom. The van der Waals surface area contributed by atoms with E-state index in [4.69, 9.17) is 4.74 Å². The third-order valence-electron chi connectivity index (χ3n) is 7.80. The van der Waals surface area contributed by atoms with Crippen LogP contribution in [0.15, 0.2) is 36.5 Å². The Hall–Kier alpha value is -2.67. The van der Waals surface area contributed by atoms with Crippen LogP contribution in [0.3, 0.4) is 0 Å². The van der Waals surface area contributed by atoms with Gasteiger partial charge < -0.3 is 15.0 Å². The lowest BCUT2D eigenvalue weighted by Gasteiger charge is -2.34. The second-order valence-corrected chi connectivity index (χ2v) is 9.89. The molecule has 7 heteroatoms. The Balaban J connectivity index is 1.07. The molecular formula is C26H34N4O3. The van der Waals surface area contributed by atoms with Crippen LogP contribution >= 0.6 is 0 Å². The molecule has 1 saturated carbocycles. The average molecular weight is 451 g/mol. The van der Waals surface area contributed by atoms with Crippen LogP contribution < -0.4 is 5.32 Å². The second-order valence-electron chi connectivity index (χ2n) is 9.89. The standard InChI is InChI=1S/C26H34N4O3/c1-2-33-25(32)30-12-7-21(8-13-30)28-24(31)22-17-26(22)9-14-29(15-10-26)18-19-5-6-20-4-3-11-27-23(20)16-19/h3-6,11,16,21-22H,2,7-10,12-15,17-18H2,1H3,(H,28,31). The van der Waals surface area contributed by atoms with Crippen LogP contribution in [0.2, 0.25) is 0 Å². The number of carbonyl (C=O) groups is 2. The summed E-state index contributed by atoms with van der Waals surface area (Å²) < 4.78 is 5.08. The molecule has 7 nitrogen and oxygen atoms in total. The van der Waals surface area contributed by atoms with Crippen molar-refractivity contribution in [2.45, 2.75) is 51.6 Å². The molecule has 2 saturated heterocycles. The van der Waals surface area contributed by atoms with Gasteiger partial charge in [-0.15, -0.1) is 0 Å². The molecule has 2 aliphatic heterocycles.